The van der Waals surface area contributed by atoms with Gasteiger partial charge in [0.05, 0.1) is 15.1 Å². The second-order valence-electron chi connectivity index (χ2n) is 4.82. The standard InChI is InChI=1S/C15H16Cl3NS/c1-8-6-11(20-10(8)3)7-19-9(2)12-4-5-13(16)15(18)14(12)17/h4-6,9,19H,7H2,1-3H3. The molecule has 0 bridgehead atoms. The number of hydrogen-bond acceptors (Lipinski definition) is 2. The molecule has 1 unspecified atom stereocenters. The van der Waals surface area contributed by atoms with Gasteiger partial charge in [-0.15, -0.1) is 11.3 Å². The van der Waals surface area contributed by atoms with Gasteiger partial charge < -0.3 is 5.32 Å². The van der Waals surface area contributed by atoms with E-state index in [4.69, 9.17) is 34.8 Å². The number of aryl methyl sites for hydroxylation is 2. The summed E-state index contributed by atoms with van der Waals surface area (Å²) in [6, 6.07) is 6.03. The Morgan fingerprint density at radius 1 is 1.15 bits per heavy atom. The molecule has 0 amide bonds. The van der Waals surface area contributed by atoms with E-state index in [0.29, 0.717) is 15.1 Å². The lowest BCUT2D eigenvalue weighted by molar-refractivity contribution is 0.579. The first kappa shape index (κ1) is 16.1. The van der Waals surface area contributed by atoms with Crippen LogP contribution < -0.4 is 5.32 Å². The summed E-state index contributed by atoms with van der Waals surface area (Å²) in [4.78, 5) is 2.69. The summed E-state index contributed by atoms with van der Waals surface area (Å²) in [5, 5.41) is 4.90. The molecule has 1 aromatic heterocycles. The van der Waals surface area contributed by atoms with Crippen LogP contribution in [0.4, 0.5) is 0 Å². The zero-order valence-electron chi connectivity index (χ0n) is 11.6. The molecule has 5 heteroatoms. The quantitative estimate of drug-likeness (QED) is 0.651. The second kappa shape index (κ2) is 6.67. The van der Waals surface area contributed by atoms with Crippen molar-refractivity contribution in [3.05, 3.63) is 54.1 Å². The average molecular weight is 349 g/mol. The Morgan fingerprint density at radius 3 is 2.45 bits per heavy atom. The van der Waals surface area contributed by atoms with Gasteiger partial charge in [-0.3, -0.25) is 0 Å². The van der Waals surface area contributed by atoms with E-state index in [2.05, 4.69) is 32.2 Å². The molecule has 108 valence electrons. The fourth-order valence-electron chi connectivity index (χ4n) is 1.98. The molecule has 1 aromatic carbocycles. The van der Waals surface area contributed by atoms with Crippen molar-refractivity contribution in [1.29, 1.82) is 0 Å². The predicted octanol–water partition coefficient (Wildman–Crippen LogP) is 6.18. The summed E-state index contributed by atoms with van der Waals surface area (Å²) in [5.41, 5.74) is 2.30. The summed E-state index contributed by atoms with van der Waals surface area (Å²) in [6.45, 7) is 7.16. The smallest absolute Gasteiger partial charge is 0.0781 e. The topological polar surface area (TPSA) is 12.0 Å². The SMILES string of the molecule is Cc1cc(CNC(C)c2ccc(Cl)c(Cl)c2Cl)sc1C. The first-order valence-electron chi connectivity index (χ1n) is 6.33. The van der Waals surface area contributed by atoms with Crippen molar-refractivity contribution in [1.82, 2.24) is 5.32 Å². The molecule has 0 spiro atoms. The Bertz CT molecular complexity index is 602. The van der Waals surface area contributed by atoms with Crippen LogP contribution in [0.3, 0.4) is 0 Å². The Kier molecular flexibility index (Phi) is 5.38. The van der Waals surface area contributed by atoms with Crippen molar-refractivity contribution in [3.8, 4) is 0 Å². The van der Waals surface area contributed by atoms with Crippen molar-refractivity contribution in [2.24, 2.45) is 0 Å². The largest absolute Gasteiger partial charge is 0.305 e. The molecule has 0 fully saturated rings. The van der Waals surface area contributed by atoms with Gasteiger partial charge in [-0.1, -0.05) is 40.9 Å². The van der Waals surface area contributed by atoms with Gasteiger partial charge in [-0.2, -0.15) is 0 Å². The Labute approximate surface area is 138 Å². The molecule has 0 aliphatic carbocycles. The van der Waals surface area contributed by atoms with Crippen molar-refractivity contribution in [2.75, 3.05) is 0 Å². The molecule has 2 aromatic rings. The first-order chi connectivity index (χ1) is 9.40. The number of halogens is 3. The van der Waals surface area contributed by atoms with Crippen LogP contribution in [0.15, 0.2) is 18.2 Å². The van der Waals surface area contributed by atoms with Crippen LogP contribution in [0.5, 0.6) is 0 Å². The summed E-state index contributed by atoms with van der Waals surface area (Å²) in [5.74, 6) is 0. The number of rotatable bonds is 4. The molecule has 0 radical (unpaired) electrons. The van der Waals surface area contributed by atoms with E-state index >= 15 is 0 Å². The minimum atomic E-state index is 0.111. The molecule has 20 heavy (non-hydrogen) atoms. The summed E-state index contributed by atoms with van der Waals surface area (Å²) < 4.78 is 0. The fourth-order valence-corrected chi connectivity index (χ4v) is 3.69. The summed E-state index contributed by atoms with van der Waals surface area (Å²) >= 11 is 20.1. The third-order valence-electron chi connectivity index (χ3n) is 3.33. The van der Waals surface area contributed by atoms with E-state index in [1.165, 1.54) is 15.3 Å². The van der Waals surface area contributed by atoms with E-state index in [-0.39, 0.29) is 6.04 Å². The lowest BCUT2D eigenvalue weighted by Gasteiger charge is -2.16. The highest BCUT2D eigenvalue weighted by Crippen LogP contribution is 2.35. The van der Waals surface area contributed by atoms with Gasteiger partial charge in [0.1, 0.15) is 0 Å². The predicted molar refractivity (Wildman–Crippen MR) is 90.5 cm³/mol. The highest BCUT2D eigenvalue weighted by Gasteiger charge is 2.14. The van der Waals surface area contributed by atoms with Crippen LogP contribution in [0.25, 0.3) is 0 Å². The number of nitrogens with one attached hydrogen (secondary N) is 1. The Balaban J connectivity index is 2.09. The monoisotopic (exact) mass is 347 g/mol. The maximum Gasteiger partial charge on any atom is 0.0781 e. The molecule has 0 saturated carbocycles. The van der Waals surface area contributed by atoms with Gasteiger partial charge in [0.25, 0.3) is 0 Å². The highest BCUT2D eigenvalue weighted by atomic mass is 35.5. The molecule has 1 heterocycles. The third kappa shape index (κ3) is 3.49. The van der Waals surface area contributed by atoms with Gasteiger partial charge in [-0.05, 0) is 44.0 Å². The zero-order chi connectivity index (χ0) is 14.9. The zero-order valence-corrected chi connectivity index (χ0v) is 14.6. The lowest BCUT2D eigenvalue weighted by atomic mass is 10.1. The lowest BCUT2D eigenvalue weighted by Crippen LogP contribution is -2.17. The minimum Gasteiger partial charge on any atom is -0.305 e. The van der Waals surface area contributed by atoms with Crippen molar-refractivity contribution in [3.63, 3.8) is 0 Å². The number of hydrogen-bond donors (Lipinski definition) is 1. The summed E-state index contributed by atoms with van der Waals surface area (Å²) in [6.07, 6.45) is 0. The van der Waals surface area contributed by atoms with Gasteiger partial charge in [-0.25, -0.2) is 0 Å². The van der Waals surface area contributed by atoms with Crippen LogP contribution in [-0.2, 0) is 6.54 Å². The molecule has 0 aliphatic heterocycles. The van der Waals surface area contributed by atoms with Crippen LogP contribution in [0.2, 0.25) is 15.1 Å². The molecule has 1 nitrogen and oxygen atoms in total. The van der Waals surface area contributed by atoms with Gasteiger partial charge in [0.15, 0.2) is 0 Å². The van der Waals surface area contributed by atoms with Crippen molar-refractivity contribution < 1.29 is 0 Å². The molecule has 0 aliphatic rings. The maximum absolute atomic E-state index is 6.25. The molecular weight excluding hydrogens is 333 g/mol. The number of thiophene rings is 1. The average Bonchev–Trinajstić information content (AvgIpc) is 2.73. The van der Waals surface area contributed by atoms with Crippen LogP contribution in [0.1, 0.15) is 33.8 Å². The van der Waals surface area contributed by atoms with Crippen LogP contribution in [-0.4, -0.2) is 0 Å². The van der Waals surface area contributed by atoms with E-state index in [1.54, 1.807) is 6.07 Å². The van der Waals surface area contributed by atoms with E-state index in [0.717, 1.165) is 12.1 Å². The minimum absolute atomic E-state index is 0.111. The van der Waals surface area contributed by atoms with Crippen LogP contribution >= 0.6 is 46.1 Å². The number of benzene rings is 1. The van der Waals surface area contributed by atoms with Gasteiger partial charge in [0, 0.05) is 22.3 Å². The Morgan fingerprint density at radius 2 is 1.85 bits per heavy atom. The molecule has 1 N–H and O–H groups in total. The molecule has 1 atom stereocenters. The first-order valence-corrected chi connectivity index (χ1v) is 8.28. The van der Waals surface area contributed by atoms with Crippen molar-refractivity contribution in [2.45, 2.75) is 33.4 Å². The third-order valence-corrected chi connectivity index (χ3v) is 5.79. The highest BCUT2D eigenvalue weighted by molar-refractivity contribution is 7.12. The summed E-state index contributed by atoms with van der Waals surface area (Å²) in [7, 11) is 0. The molecule has 0 saturated heterocycles. The Hall–Kier alpha value is -0.250. The van der Waals surface area contributed by atoms with E-state index in [9.17, 15) is 0 Å². The van der Waals surface area contributed by atoms with Gasteiger partial charge >= 0.3 is 0 Å². The maximum atomic E-state index is 6.25. The van der Waals surface area contributed by atoms with Crippen LogP contribution in [0, 0.1) is 13.8 Å². The van der Waals surface area contributed by atoms with E-state index in [1.807, 2.05) is 17.4 Å². The molecule has 2 rings (SSSR count). The normalized spacial score (nSPS) is 12.7. The van der Waals surface area contributed by atoms with Crippen molar-refractivity contribution >= 4 is 46.1 Å². The fraction of sp³-hybridized carbons (Fsp3) is 0.333. The van der Waals surface area contributed by atoms with Gasteiger partial charge in [0.2, 0.25) is 0 Å². The second-order valence-corrected chi connectivity index (χ2v) is 7.32. The van der Waals surface area contributed by atoms with E-state index < -0.39 is 0 Å². The molecular formula is C15H16Cl3NS.